The second kappa shape index (κ2) is 9.72. The Balaban J connectivity index is 1.52. The van der Waals surface area contributed by atoms with Crippen molar-refractivity contribution in [2.24, 2.45) is 4.99 Å². The van der Waals surface area contributed by atoms with Crippen LogP contribution < -0.4 is 0 Å². The number of fused-ring (bicyclic) bond motifs is 1. The van der Waals surface area contributed by atoms with Crippen LogP contribution in [0, 0.1) is 0 Å². The second-order valence-corrected chi connectivity index (χ2v) is 8.71. The average Bonchev–Trinajstić information content (AvgIpc) is 3.25. The van der Waals surface area contributed by atoms with E-state index >= 15 is 0 Å². The van der Waals surface area contributed by atoms with Crippen LogP contribution in [0.1, 0.15) is 20.7 Å². The Morgan fingerprint density at radius 2 is 1.62 bits per heavy atom. The van der Waals surface area contributed by atoms with Gasteiger partial charge in [0, 0.05) is 14.1 Å². The van der Waals surface area contributed by atoms with E-state index in [1.807, 2.05) is 19.0 Å². The molecule has 1 fully saturated rings. The zero-order chi connectivity index (χ0) is 22.7. The minimum atomic E-state index is -1.12. The van der Waals surface area contributed by atoms with E-state index in [-0.39, 0.29) is 6.61 Å². The molecule has 1 saturated heterocycles. The fourth-order valence-corrected chi connectivity index (χ4v) is 4.64. The second-order valence-electron chi connectivity index (χ2n) is 7.65. The molecule has 8 nitrogen and oxygen atoms in total. The van der Waals surface area contributed by atoms with Crippen LogP contribution in [0.3, 0.4) is 0 Å². The molecule has 0 amide bonds. The number of thioether (sulfide) groups is 1. The summed E-state index contributed by atoms with van der Waals surface area (Å²) in [4.78, 5) is 31.4. The number of aliphatic hydroxyl groups is 1. The predicted molar refractivity (Wildman–Crippen MR) is 120 cm³/mol. The van der Waals surface area contributed by atoms with Crippen molar-refractivity contribution in [1.82, 2.24) is 4.90 Å². The number of aliphatic imine (C=N–C) groups is 1. The molecule has 32 heavy (non-hydrogen) atoms. The Morgan fingerprint density at radius 1 is 1.03 bits per heavy atom. The molecule has 0 bridgehead atoms. The maximum absolute atomic E-state index is 12.7. The van der Waals surface area contributed by atoms with Crippen LogP contribution in [-0.2, 0) is 14.2 Å². The molecule has 0 aromatic heterocycles. The van der Waals surface area contributed by atoms with Crippen molar-refractivity contribution in [2.75, 3.05) is 20.7 Å². The Morgan fingerprint density at radius 3 is 2.22 bits per heavy atom. The Labute approximate surface area is 190 Å². The van der Waals surface area contributed by atoms with E-state index in [4.69, 9.17) is 14.2 Å². The molecule has 0 saturated carbocycles. The SMILES string of the molecule is CN(C)C1=N[C@@H]2[C@@H](O)[C@H](OC(=O)c3ccccc3)[C@@H](COC(=O)c3ccccc3)O[C@@H]2S1. The van der Waals surface area contributed by atoms with Crippen molar-refractivity contribution in [1.29, 1.82) is 0 Å². The highest BCUT2D eigenvalue weighted by Crippen LogP contribution is 2.38. The lowest BCUT2D eigenvalue weighted by Crippen LogP contribution is -2.57. The summed E-state index contributed by atoms with van der Waals surface area (Å²) in [6, 6.07) is 16.4. The first-order valence-corrected chi connectivity index (χ1v) is 11.1. The summed E-state index contributed by atoms with van der Waals surface area (Å²) in [7, 11) is 3.70. The summed E-state index contributed by atoms with van der Waals surface area (Å²) < 4.78 is 17.2. The lowest BCUT2D eigenvalue weighted by atomic mass is 9.98. The van der Waals surface area contributed by atoms with Gasteiger partial charge in [-0.3, -0.25) is 4.99 Å². The number of hydrogen-bond acceptors (Lipinski definition) is 9. The van der Waals surface area contributed by atoms with Crippen LogP contribution >= 0.6 is 11.8 Å². The first-order valence-electron chi connectivity index (χ1n) is 10.2. The van der Waals surface area contributed by atoms with Crippen LogP contribution in [0.5, 0.6) is 0 Å². The third kappa shape index (κ3) is 4.79. The van der Waals surface area contributed by atoms with E-state index in [1.54, 1.807) is 60.7 Å². The van der Waals surface area contributed by atoms with Gasteiger partial charge in [0.05, 0.1) is 11.1 Å². The largest absolute Gasteiger partial charge is 0.459 e. The van der Waals surface area contributed by atoms with Gasteiger partial charge in [-0.25, -0.2) is 9.59 Å². The smallest absolute Gasteiger partial charge is 0.338 e. The maximum atomic E-state index is 12.7. The number of carbonyl (C=O) groups excluding carboxylic acids is 2. The normalized spacial score (nSPS) is 26.6. The molecule has 0 spiro atoms. The molecule has 2 heterocycles. The number of hydrogen-bond donors (Lipinski definition) is 1. The number of carbonyl (C=O) groups is 2. The molecule has 168 valence electrons. The lowest BCUT2D eigenvalue weighted by molar-refractivity contribution is -0.167. The standard InChI is InChI=1S/C23H24N2O6S/c1-25(2)23-24-17-18(26)19(31-21(28)15-11-7-4-8-12-15)16(30-22(17)32-23)13-29-20(27)14-9-5-3-6-10-14/h3-12,16-19,22,26H,13H2,1-2H3/t16-,17-,18-,19-,22-/m1/s1. The van der Waals surface area contributed by atoms with Crippen molar-refractivity contribution >= 4 is 28.9 Å². The monoisotopic (exact) mass is 456 g/mol. The Kier molecular flexibility index (Phi) is 6.78. The van der Waals surface area contributed by atoms with Gasteiger partial charge in [0.25, 0.3) is 0 Å². The highest BCUT2D eigenvalue weighted by atomic mass is 32.2. The van der Waals surface area contributed by atoms with Gasteiger partial charge in [0.2, 0.25) is 0 Å². The van der Waals surface area contributed by atoms with Gasteiger partial charge >= 0.3 is 11.9 Å². The molecule has 2 aliphatic heterocycles. The molecule has 0 unspecified atom stereocenters. The van der Waals surface area contributed by atoms with E-state index in [1.165, 1.54) is 11.8 Å². The number of nitrogens with zero attached hydrogens (tertiary/aromatic N) is 2. The summed E-state index contributed by atoms with van der Waals surface area (Å²) in [6.07, 6.45) is -3.03. The Bertz CT molecular complexity index is 984. The molecule has 0 radical (unpaired) electrons. The van der Waals surface area contributed by atoms with Gasteiger partial charge in [0.1, 0.15) is 30.3 Å². The number of aliphatic hydroxyl groups excluding tert-OH is 1. The van der Waals surface area contributed by atoms with Crippen LogP contribution in [0.15, 0.2) is 65.7 Å². The van der Waals surface area contributed by atoms with Gasteiger partial charge in [-0.15, -0.1) is 0 Å². The third-order valence-corrected chi connectivity index (χ3v) is 6.45. The predicted octanol–water partition coefficient (Wildman–Crippen LogP) is 2.19. The van der Waals surface area contributed by atoms with E-state index in [0.29, 0.717) is 16.3 Å². The lowest BCUT2D eigenvalue weighted by Gasteiger charge is -2.39. The quantitative estimate of drug-likeness (QED) is 0.684. The first kappa shape index (κ1) is 22.3. The summed E-state index contributed by atoms with van der Waals surface area (Å²) in [6.45, 7) is -0.182. The molecule has 9 heteroatoms. The fourth-order valence-electron chi connectivity index (χ4n) is 3.48. The molecule has 0 aliphatic carbocycles. The van der Waals surface area contributed by atoms with Gasteiger partial charge < -0.3 is 24.2 Å². The van der Waals surface area contributed by atoms with Gasteiger partial charge in [-0.1, -0.05) is 48.2 Å². The van der Waals surface area contributed by atoms with Gasteiger partial charge in [-0.2, -0.15) is 0 Å². The van der Waals surface area contributed by atoms with Crippen molar-refractivity contribution in [2.45, 2.75) is 29.8 Å². The van der Waals surface area contributed by atoms with Crippen LogP contribution in [0.4, 0.5) is 0 Å². The van der Waals surface area contributed by atoms with Crippen molar-refractivity contribution in [3.05, 3.63) is 71.8 Å². The maximum Gasteiger partial charge on any atom is 0.338 e. The zero-order valence-electron chi connectivity index (χ0n) is 17.7. The van der Waals surface area contributed by atoms with E-state index < -0.39 is 41.7 Å². The first-order chi connectivity index (χ1) is 15.4. The van der Waals surface area contributed by atoms with Crippen LogP contribution in [0.25, 0.3) is 0 Å². The number of rotatable bonds is 5. The third-order valence-electron chi connectivity index (χ3n) is 5.15. The highest BCUT2D eigenvalue weighted by molar-refractivity contribution is 8.14. The average molecular weight is 457 g/mol. The summed E-state index contributed by atoms with van der Waals surface area (Å²) in [5.74, 6) is -1.12. The Hall–Kier alpha value is -2.88. The topological polar surface area (TPSA) is 97.7 Å². The fraction of sp³-hybridized carbons (Fsp3) is 0.348. The number of amidine groups is 1. The number of esters is 2. The molecule has 5 atom stereocenters. The highest BCUT2D eigenvalue weighted by Gasteiger charge is 2.51. The van der Waals surface area contributed by atoms with E-state index in [2.05, 4.69) is 4.99 Å². The molecular formula is C23H24N2O6S. The molecule has 2 aromatic carbocycles. The van der Waals surface area contributed by atoms with Crippen LogP contribution in [-0.4, -0.2) is 77.6 Å². The molecule has 2 aromatic rings. The van der Waals surface area contributed by atoms with Crippen molar-refractivity contribution < 1.29 is 28.9 Å². The zero-order valence-corrected chi connectivity index (χ0v) is 18.5. The molecule has 4 rings (SSSR count). The van der Waals surface area contributed by atoms with Gasteiger partial charge in [-0.05, 0) is 24.3 Å². The van der Waals surface area contributed by atoms with E-state index in [0.717, 1.165) is 0 Å². The van der Waals surface area contributed by atoms with Crippen molar-refractivity contribution in [3.8, 4) is 0 Å². The summed E-state index contributed by atoms with van der Waals surface area (Å²) in [5.41, 5.74) is 0.266. The summed E-state index contributed by atoms with van der Waals surface area (Å²) in [5, 5.41) is 11.8. The number of benzene rings is 2. The minimum absolute atomic E-state index is 0.182. The van der Waals surface area contributed by atoms with Crippen LogP contribution in [0.2, 0.25) is 0 Å². The van der Waals surface area contributed by atoms with E-state index in [9.17, 15) is 14.7 Å². The van der Waals surface area contributed by atoms with Crippen molar-refractivity contribution in [3.63, 3.8) is 0 Å². The minimum Gasteiger partial charge on any atom is -0.459 e. The summed E-state index contributed by atoms with van der Waals surface area (Å²) >= 11 is 1.37. The molecule has 1 N–H and O–H groups in total. The number of ether oxygens (including phenoxy) is 3. The molecular weight excluding hydrogens is 432 g/mol. The molecule has 2 aliphatic rings. The van der Waals surface area contributed by atoms with Gasteiger partial charge in [0.15, 0.2) is 11.3 Å².